The van der Waals surface area contributed by atoms with Gasteiger partial charge in [0.05, 0.1) is 11.7 Å². The fraction of sp³-hybridized carbons (Fsp3) is 0.316. The molecule has 1 saturated heterocycles. The number of amides is 1. The van der Waals surface area contributed by atoms with E-state index in [4.69, 9.17) is 0 Å². The van der Waals surface area contributed by atoms with Crippen LogP contribution in [0.4, 0.5) is 0 Å². The molecular formula is C19H20N4O. The summed E-state index contributed by atoms with van der Waals surface area (Å²) in [6, 6.07) is 10.2. The van der Waals surface area contributed by atoms with Crippen LogP contribution in [0.2, 0.25) is 0 Å². The number of nitrogens with one attached hydrogen (secondary N) is 1. The number of rotatable bonds is 4. The van der Waals surface area contributed by atoms with Crippen LogP contribution in [0.5, 0.6) is 0 Å². The number of nitrogens with zero attached hydrogens (tertiary/aromatic N) is 3. The Balaban J connectivity index is 1.46. The van der Waals surface area contributed by atoms with E-state index in [1.807, 2.05) is 29.3 Å². The van der Waals surface area contributed by atoms with Crippen molar-refractivity contribution in [3.05, 3.63) is 60.3 Å². The molecule has 24 heavy (non-hydrogen) atoms. The van der Waals surface area contributed by atoms with Gasteiger partial charge in [0.25, 0.3) is 0 Å². The molecule has 1 aliphatic heterocycles. The third kappa shape index (κ3) is 2.77. The maximum atomic E-state index is 12.7. The molecule has 0 spiro atoms. The van der Waals surface area contributed by atoms with Crippen LogP contribution in [0.25, 0.3) is 10.9 Å². The lowest BCUT2D eigenvalue weighted by Crippen LogP contribution is -2.31. The Morgan fingerprint density at radius 1 is 1.29 bits per heavy atom. The van der Waals surface area contributed by atoms with Crippen molar-refractivity contribution in [2.45, 2.75) is 31.7 Å². The lowest BCUT2D eigenvalue weighted by atomic mass is 10.1. The Bertz CT molecular complexity index is 843. The fourth-order valence-electron chi connectivity index (χ4n) is 3.59. The maximum Gasteiger partial charge on any atom is 0.223 e. The van der Waals surface area contributed by atoms with Crippen LogP contribution in [-0.4, -0.2) is 32.3 Å². The highest BCUT2D eigenvalue weighted by atomic mass is 16.2. The standard InChI is InChI=1S/C19H20N4O/c24-19(8-7-14-12-21-16-5-2-1-4-15(14)16)23-11-3-6-18(23)17-9-10-20-13-22-17/h1-2,4-5,9-10,12-13,18,21H,3,6-8,11H2. The van der Waals surface area contributed by atoms with E-state index < -0.39 is 0 Å². The van der Waals surface area contributed by atoms with Crippen LogP contribution in [0.3, 0.4) is 0 Å². The topological polar surface area (TPSA) is 61.9 Å². The van der Waals surface area contributed by atoms with Gasteiger partial charge in [0.2, 0.25) is 5.91 Å². The molecule has 1 fully saturated rings. The highest BCUT2D eigenvalue weighted by Crippen LogP contribution is 2.31. The molecule has 1 atom stereocenters. The molecule has 4 rings (SSSR count). The highest BCUT2D eigenvalue weighted by Gasteiger charge is 2.30. The Labute approximate surface area is 140 Å². The van der Waals surface area contributed by atoms with Gasteiger partial charge in [-0.05, 0) is 37.0 Å². The van der Waals surface area contributed by atoms with E-state index in [9.17, 15) is 4.79 Å². The number of aromatic amines is 1. The van der Waals surface area contributed by atoms with E-state index in [2.05, 4.69) is 27.1 Å². The molecule has 122 valence electrons. The van der Waals surface area contributed by atoms with E-state index >= 15 is 0 Å². The summed E-state index contributed by atoms with van der Waals surface area (Å²) >= 11 is 0. The van der Waals surface area contributed by atoms with Gasteiger partial charge in [0, 0.05) is 36.3 Å². The minimum atomic E-state index is 0.100. The summed E-state index contributed by atoms with van der Waals surface area (Å²) in [6.07, 6.45) is 8.63. The average molecular weight is 320 g/mol. The highest BCUT2D eigenvalue weighted by molar-refractivity contribution is 5.84. The van der Waals surface area contributed by atoms with E-state index in [0.29, 0.717) is 6.42 Å². The van der Waals surface area contributed by atoms with Gasteiger partial charge >= 0.3 is 0 Å². The molecule has 1 aromatic carbocycles. The number of H-pyrrole nitrogens is 1. The molecule has 5 heteroatoms. The van der Waals surface area contributed by atoms with Gasteiger partial charge in [-0.2, -0.15) is 0 Å². The predicted molar refractivity (Wildman–Crippen MR) is 92.3 cm³/mol. The molecule has 1 N–H and O–H groups in total. The molecule has 0 radical (unpaired) electrons. The largest absolute Gasteiger partial charge is 0.361 e. The Morgan fingerprint density at radius 3 is 3.08 bits per heavy atom. The first kappa shape index (κ1) is 14.9. The van der Waals surface area contributed by atoms with Crippen molar-refractivity contribution in [3.8, 4) is 0 Å². The second-order valence-corrected chi connectivity index (χ2v) is 6.24. The molecule has 0 saturated carbocycles. The summed E-state index contributed by atoms with van der Waals surface area (Å²) in [5.41, 5.74) is 3.28. The summed E-state index contributed by atoms with van der Waals surface area (Å²) in [4.78, 5) is 26.3. The lowest BCUT2D eigenvalue weighted by molar-refractivity contribution is -0.132. The van der Waals surface area contributed by atoms with Crippen LogP contribution in [0, 0.1) is 0 Å². The first-order valence-electron chi connectivity index (χ1n) is 8.43. The predicted octanol–water partition coefficient (Wildman–Crippen LogP) is 3.25. The molecule has 1 aliphatic rings. The summed E-state index contributed by atoms with van der Waals surface area (Å²) in [7, 11) is 0. The number of fused-ring (bicyclic) bond motifs is 1. The zero-order chi connectivity index (χ0) is 16.4. The summed E-state index contributed by atoms with van der Waals surface area (Å²) in [5.74, 6) is 0.210. The number of likely N-dealkylation sites (tertiary alicyclic amines) is 1. The van der Waals surface area contributed by atoms with Gasteiger partial charge in [0.1, 0.15) is 6.33 Å². The van der Waals surface area contributed by atoms with Gasteiger partial charge < -0.3 is 9.88 Å². The minimum absolute atomic E-state index is 0.100. The summed E-state index contributed by atoms with van der Waals surface area (Å²) in [5, 5.41) is 1.21. The normalized spacial score (nSPS) is 17.5. The van der Waals surface area contributed by atoms with Crippen molar-refractivity contribution in [3.63, 3.8) is 0 Å². The van der Waals surface area contributed by atoms with Crippen molar-refractivity contribution in [2.75, 3.05) is 6.54 Å². The van der Waals surface area contributed by atoms with E-state index in [-0.39, 0.29) is 11.9 Å². The molecule has 3 heterocycles. The smallest absolute Gasteiger partial charge is 0.223 e. The van der Waals surface area contributed by atoms with Gasteiger partial charge in [-0.3, -0.25) is 4.79 Å². The Hall–Kier alpha value is -2.69. The van der Waals surface area contributed by atoms with Crippen LogP contribution < -0.4 is 0 Å². The molecule has 1 unspecified atom stereocenters. The van der Waals surface area contributed by atoms with Crippen molar-refractivity contribution in [2.24, 2.45) is 0 Å². The number of carbonyl (C=O) groups is 1. The Morgan fingerprint density at radius 2 is 2.21 bits per heavy atom. The van der Waals surface area contributed by atoms with Crippen molar-refractivity contribution >= 4 is 16.8 Å². The number of hydrogen-bond donors (Lipinski definition) is 1. The first-order chi connectivity index (χ1) is 11.8. The van der Waals surface area contributed by atoms with Crippen LogP contribution in [0.1, 0.15) is 36.6 Å². The molecule has 5 nitrogen and oxygen atoms in total. The second kappa shape index (κ2) is 6.43. The molecule has 3 aromatic rings. The van der Waals surface area contributed by atoms with Crippen molar-refractivity contribution < 1.29 is 4.79 Å². The second-order valence-electron chi connectivity index (χ2n) is 6.24. The van der Waals surface area contributed by atoms with Gasteiger partial charge in [-0.25, -0.2) is 9.97 Å². The zero-order valence-corrected chi connectivity index (χ0v) is 13.5. The number of hydrogen-bond acceptors (Lipinski definition) is 3. The SMILES string of the molecule is O=C(CCc1c[nH]c2ccccc12)N1CCCC1c1ccncn1. The summed E-state index contributed by atoms with van der Waals surface area (Å²) in [6.45, 7) is 0.821. The number of carbonyl (C=O) groups excluding carboxylic acids is 1. The molecule has 1 amide bonds. The zero-order valence-electron chi connectivity index (χ0n) is 13.5. The van der Waals surface area contributed by atoms with Crippen molar-refractivity contribution in [1.29, 1.82) is 0 Å². The van der Waals surface area contributed by atoms with Crippen LogP contribution in [-0.2, 0) is 11.2 Å². The maximum absolute atomic E-state index is 12.7. The lowest BCUT2D eigenvalue weighted by Gasteiger charge is -2.24. The minimum Gasteiger partial charge on any atom is -0.361 e. The summed E-state index contributed by atoms with van der Waals surface area (Å²) < 4.78 is 0. The monoisotopic (exact) mass is 320 g/mol. The third-order valence-electron chi connectivity index (χ3n) is 4.80. The fourth-order valence-corrected chi connectivity index (χ4v) is 3.59. The van der Waals surface area contributed by atoms with E-state index in [0.717, 1.165) is 37.0 Å². The number of benzene rings is 1. The van der Waals surface area contributed by atoms with Crippen LogP contribution in [0.15, 0.2) is 49.1 Å². The van der Waals surface area contributed by atoms with Gasteiger partial charge in [-0.15, -0.1) is 0 Å². The van der Waals surface area contributed by atoms with E-state index in [1.54, 1.807) is 12.5 Å². The number of aromatic nitrogens is 3. The van der Waals surface area contributed by atoms with Crippen LogP contribution >= 0.6 is 0 Å². The number of aryl methyl sites for hydroxylation is 1. The van der Waals surface area contributed by atoms with E-state index in [1.165, 1.54) is 10.9 Å². The molecule has 0 bridgehead atoms. The van der Waals surface area contributed by atoms with Crippen molar-refractivity contribution in [1.82, 2.24) is 19.9 Å². The number of para-hydroxylation sites is 1. The third-order valence-corrected chi connectivity index (χ3v) is 4.80. The quantitative estimate of drug-likeness (QED) is 0.802. The molecule has 0 aliphatic carbocycles. The van der Waals surface area contributed by atoms with Gasteiger partial charge in [-0.1, -0.05) is 18.2 Å². The molecule has 2 aromatic heterocycles. The Kier molecular flexibility index (Phi) is 3.99. The average Bonchev–Trinajstić information content (AvgIpc) is 3.28. The molecular weight excluding hydrogens is 300 g/mol. The van der Waals surface area contributed by atoms with Gasteiger partial charge in [0.15, 0.2) is 0 Å². The first-order valence-corrected chi connectivity index (χ1v) is 8.43.